The highest BCUT2D eigenvalue weighted by molar-refractivity contribution is 6.32. The molecular weight excluding hydrogens is 352 g/mol. The molecule has 1 atom stereocenters. The van der Waals surface area contributed by atoms with Crippen LogP contribution in [0.1, 0.15) is 25.3 Å². The van der Waals surface area contributed by atoms with Gasteiger partial charge >= 0.3 is 5.97 Å². The van der Waals surface area contributed by atoms with Crippen LogP contribution in [0.15, 0.2) is 29.0 Å². The minimum absolute atomic E-state index is 0.0355. The van der Waals surface area contributed by atoms with Crippen molar-refractivity contribution in [2.24, 2.45) is 0 Å². The SMILES string of the molecule is C[C@@H](Oc1cc2c(cc1Cl)N(CCC(=O)O)C(=O)CO2)c1ncco1. The van der Waals surface area contributed by atoms with E-state index in [1.165, 1.54) is 23.4 Å². The average molecular weight is 367 g/mol. The van der Waals surface area contributed by atoms with E-state index in [-0.39, 0.29) is 30.5 Å². The van der Waals surface area contributed by atoms with E-state index in [9.17, 15) is 9.59 Å². The molecule has 3 rings (SSSR count). The zero-order valence-corrected chi connectivity index (χ0v) is 14.0. The maximum absolute atomic E-state index is 12.0. The van der Waals surface area contributed by atoms with Crippen LogP contribution in [0.25, 0.3) is 0 Å². The standard InChI is InChI=1S/C16H15ClN2O6/c1-9(16-18-3-5-23-16)25-12-7-13-11(6-10(12)17)19(4-2-15(21)22)14(20)8-24-13/h3,5-7,9H,2,4,8H2,1H3,(H,21,22)/t9-/m1/s1. The number of hydrogen-bond acceptors (Lipinski definition) is 6. The Bertz CT molecular complexity index is 792. The van der Waals surface area contributed by atoms with E-state index in [1.807, 2.05) is 0 Å². The van der Waals surface area contributed by atoms with Crippen molar-refractivity contribution in [1.82, 2.24) is 4.98 Å². The molecular formula is C16H15ClN2O6. The molecule has 1 aliphatic heterocycles. The third-order valence-electron chi connectivity index (χ3n) is 3.61. The molecule has 8 nitrogen and oxygen atoms in total. The molecule has 1 aliphatic rings. The fraction of sp³-hybridized carbons (Fsp3) is 0.312. The molecule has 1 aromatic heterocycles. The highest BCUT2D eigenvalue weighted by atomic mass is 35.5. The van der Waals surface area contributed by atoms with E-state index >= 15 is 0 Å². The molecule has 0 saturated heterocycles. The summed E-state index contributed by atoms with van der Waals surface area (Å²) in [6.45, 7) is 1.61. The lowest BCUT2D eigenvalue weighted by atomic mass is 10.2. The Hall–Kier alpha value is -2.74. The van der Waals surface area contributed by atoms with E-state index in [1.54, 1.807) is 13.0 Å². The molecule has 0 unspecified atom stereocenters. The number of aliphatic carboxylic acids is 1. The largest absolute Gasteiger partial charge is 0.481 e. The highest BCUT2D eigenvalue weighted by Crippen LogP contribution is 2.41. The van der Waals surface area contributed by atoms with Crippen molar-refractivity contribution in [3.05, 3.63) is 35.5 Å². The van der Waals surface area contributed by atoms with Crippen LogP contribution < -0.4 is 14.4 Å². The number of nitrogens with zero attached hydrogens (tertiary/aromatic N) is 2. The van der Waals surface area contributed by atoms with Gasteiger partial charge in [-0.2, -0.15) is 0 Å². The normalized spacial score (nSPS) is 14.6. The number of halogens is 1. The third kappa shape index (κ3) is 3.69. The Balaban J connectivity index is 1.85. The first-order chi connectivity index (χ1) is 12.0. The fourth-order valence-electron chi connectivity index (χ4n) is 2.42. The summed E-state index contributed by atoms with van der Waals surface area (Å²) in [4.78, 5) is 28.2. The molecule has 0 aliphatic carbocycles. The number of carboxylic acids is 1. The summed E-state index contributed by atoms with van der Waals surface area (Å²) < 4.78 is 16.4. The van der Waals surface area contributed by atoms with Gasteiger partial charge in [0.1, 0.15) is 17.8 Å². The maximum atomic E-state index is 12.0. The first-order valence-corrected chi connectivity index (χ1v) is 7.88. The summed E-state index contributed by atoms with van der Waals surface area (Å²) in [5.74, 6) is -0.186. The van der Waals surface area contributed by atoms with Crippen molar-refractivity contribution in [3.8, 4) is 11.5 Å². The van der Waals surface area contributed by atoms with Crippen LogP contribution in [-0.4, -0.2) is 35.1 Å². The van der Waals surface area contributed by atoms with Crippen LogP contribution >= 0.6 is 11.6 Å². The molecule has 0 spiro atoms. The molecule has 0 fully saturated rings. The summed E-state index contributed by atoms with van der Waals surface area (Å²) in [6.07, 6.45) is 2.30. The van der Waals surface area contributed by atoms with Crippen LogP contribution in [0.2, 0.25) is 5.02 Å². The number of anilines is 1. The first-order valence-electron chi connectivity index (χ1n) is 7.50. The van der Waals surface area contributed by atoms with Gasteiger partial charge in [-0.3, -0.25) is 9.59 Å². The quantitative estimate of drug-likeness (QED) is 0.838. The van der Waals surface area contributed by atoms with E-state index in [0.717, 1.165) is 0 Å². The average Bonchev–Trinajstić information content (AvgIpc) is 3.09. The van der Waals surface area contributed by atoms with Crippen molar-refractivity contribution < 1.29 is 28.6 Å². The number of ether oxygens (including phenoxy) is 2. The van der Waals surface area contributed by atoms with Crippen molar-refractivity contribution >= 4 is 29.2 Å². The number of benzene rings is 1. The number of aromatic nitrogens is 1. The first kappa shape index (κ1) is 17.1. The number of amides is 1. The molecule has 0 radical (unpaired) electrons. The number of carbonyl (C=O) groups is 2. The van der Waals surface area contributed by atoms with E-state index in [0.29, 0.717) is 23.1 Å². The van der Waals surface area contributed by atoms with Crippen LogP contribution in [0.3, 0.4) is 0 Å². The van der Waals surface area contributed by atoms with Crippen LogP contribution in [-0.2, 0) is 9.59 Å². The van der Waals surface area contributed by atoms with Gasteiger partial charge < -0.3 is 23.9 Å². The molecule has 25 heavy (non-hydrogen) atoms. The topological polar surface area (TPSA) is 102 Å². The molecule has 0 saturated carbocycles. The number of oxazole rings is 1. The Kier molecular flexibility index (Phi) is 4.80. The van der Waals surface area contributed by atoms with Crippen molar-refractivity contribution in [2.75, 3.05) is 18.1 Å². The fourth-order valence-corrected chi connectivity index (χ4v) is 2.62. The van der Waals surface area contributed by atoms with Gasteiger partial charge in [0.15, 0.2) is 12.7 Å². The minimum atomic E-state index is -0.994. The molecule has 9 heteroatoms. The van der Waals surface area contributed by atoms with Crippen LogP contribution in [0.4, 0.5) is 5.69 Å². The molecule has 132 valence electrons. The predicted octanol–water partition coefficient (Wildman–Crippen LogP) is 2.67. The van der Waals surface area contributed by atoms with Gasteiger partial charge in [-0.1, -0.05) is 11.6 Å². The Morgan fingerprint density at radius 1 is 1.52 bits per heavy atom. The molecule has 1 N–H and O–H groups in total. The van der Waals surface area contributed by atoms with E-state index in [4.69, 9.17) is 30.6 Å². The summed E-state index contributed by atoms with van der Waals surface area (Å²) in [5, 5.41) is 9.10. The zero-order valence-electron chi connectivity index (χ0n) is 13.3. The number of carboxylic acid groups (broad SMARTS) is 1. The maximum Gasteiger partial charge on any atom is 0.305 e. The van der Waals surface area contributed by atoms with Crippen LogP contribution in [0, 0.1) is 0 Å². The lowest BCUT2D eigenvalue weighted by molar-refractivity contribution is -0.136. The predicted molar refractivity (Wildman–Crippen MR) is 87.1 cm³/mol. The van der Waals surface area contributed by atoms with E-state index < -0.39 is 12.1 Å². The number of rotatable bonds is 6. The molecule has 1 amide bonds. The van der Waals surface area contributed by atoms with Gasteiger partial charge in [0.2, 0.25) is 5.89 Å². The molecule has 2 aromatic rings. The molecule has 0 bridgehead atoms. The monoisotopic (exact) mass is 366 g/mol. The van der Waals surface area contributed by atoms with Crippen molar-refractivity contribution in [3.63, 3.8) is 0 Å². The second kappa shape index (κ2) is 7.02. The summed E-state index contributed by atoms with van der Waals surface area (Å²) in [7, 11) is 0. The Morgan fingerprint density at radius 2 is 2.32 bits per heavy atom. The van der Waals surface area contributed by atoms with Crippen molar-refractivity contribution in [2.45, 2.75) is 19.4 Å². The molecule has 2 heterocycles. The van der Waals surface area contributed by atoms with E-state index in [2.05, 4.69) is 4.98 Å². The Labute approximate surface area is 147 Å². The molecule has 1 aromatic carbocycles. The van der Waals surface area contributed by atoms with Gasteiger partial charge in [-0.05, 0) is 13.0 Å². The van der Waals surface area contributed by atoms with Gasteiger partial charge in [-0.25, -0.2) is 4.98 Å². The van der Waals surface area contributed by atoms with Gasteiger partial charge in [0.25, 0.3) is 5.91 Å². The third-order valence-corrected chi connectivity index (χ3v) is 3.90. The summed E-state index contributed by atoms with van der Waals surface area (Å²) >= 11 is 6.26. The van der Waals surface area contributed by atoms with Crippen molar-refractivity contribution in [1.29, 1.82) is 0 Å². The van der Waals surface area contributed by atoms with Gasteiger partial charge in [0.05, 0.1) is 23.3 Å². The Morgan fingerprint density at radius 3 is 3.00 bits per heavy atom. The smallest absolute Gasteiger partial charge is 0.305 e. The second-order valence-electron chi connectivity index (χ2n) is 5.36. The number of hydrogen-bond donors (Lipinski definition) is 1. The summed E-state index contributed by atoms with van der Waals surface area (Å²) in [5.41, 5.74) is 0.415. The minimum Gasteiger partial charge on any atom is -0.481 e. The van der Waals surface area contributed by atoms with Gasteiger partial charge in [0, 0.05) is 12.6 Å². The number of carbonyl (C=O) groups excluding carboxylic acids is 1. The van der Waals surface area contributed by atoms with Gasteiger partial charge in [-0.15, -0.1) is 0 Å². The lowest BCUT2D eigenvalue weighted by Gasteiger charge is -2.29. The zero-order chi connectivity index (χ0) is 18.0. The van der Waals surface area contributed by atoms with Crippen LogP contribution in [0.5, 0.6) is 11.5 Å². The second-order valence-corrected chi connectivity index (χ2v) is 5.77. The highest BCUT2D eigenvalue weighted by Gasteiger charge is 2.28. The number of fused-ring (bicyclic) bond motifs is 1. The summed E-state index contributed by atoms with van der Waals surface area (Å²) in [6, 6.07) is 3.09. The lowest BCUT2D eigenvalue weighted by Crippen LogP contribution is -2.40.